The average Bonchev–Trinajstić information content (AvgIpc) is 3.14. The van der Waals surface area contributed by atoms with Gasteiger partial charge in [-0.3, -0.25) is 4.40 Å². The number of hydrogen-bond donors (Lipinski definition) is 1. The highest BCUT2D eigenvalue weighted by Crippen LogP contribution is 2.45. The molecular formula is C24H24Cl2N4O2. The highest BCUT2D eigenvalue weighted by Gasteiger charge is 2.26. The van der Waals surface area contributed by atoms with Gasteiger partial charge >= 0.3 is 0 Å². The SMILES string of the molecule is CCOc1c(C(C)c2nc(Cl)c3c(N)nccn23)cc(Cl)c(C)c1-c1ccc(OC)cc1. The number of imidazole rings is 1. The van der Waals surface area contributed by atoms with E-state index in [9.17, 15) is 0 Å². The third-order valence-corrected chi connectivity index (χ3v) is 6.25. The van der Waals surface area contributed by atoms with E-state index < -0.39 is 0 Å². The summed E-state index contributed by atoms with van der Waals surface area (Å²) in [6.07, 6.45) is 3.43. The van der Waals surface area contributed by atoms with Crippen LogP contribution in [0.3, 0.4) is 0 Å². The van der Waals surface area contributed by atoms with Crippen LogP contribution in [0.5, 0.6) is 11.5 Å². The lowest BCUT2D eigenvalue weighted by Crippen LogP contribution is -2.08. The standard InChI is InChI=1S/C24H24Cl2N4O2/c1-5-32-21-17(13(2)24-29-22(26)20-23(27)28-10-11-30(20)24)12-18(25)14(3)19(21)15-6-8-16(31-4)9-7-15/h6-13H,5H2,1-4H3,(H2,27,28). The monoisotopic (exact) mass is 470 g/mol. The van der Waals surface area contributed by atoms with E-state index in [1.807, 2.05) is 55.5 Å². The molecule has 8 heteroatoms. The molecule has 0 saturated heterocycles. The van der Waals surface area contributed by atoms with Crippen molar-refractivity contribution in [2.75, 3.05) is 19.5 Å². The normalized spacial score (nSPS) is 12.2. The van der Waals surface area contributed by atoms with E-state index in [1.165, 1.54) is 0 Å². The Morgan fingerprint density at radius 2 is 1.91 bits per heavy atom. The van der Waals surface area contributed by atoms with E-state index in [-0.39, 0.29) is 5.92 Å². The number of nitrogen functional groups attached to an aromatic ring is 1. The van der Waals surface area contributed by atoms with Crippen LogP contribution in [0.4, 0.5) is 5.82 Å². The number of halogens is 2. The summed E-state index contributed by atoms with van der Waals surface area (Å²) >= 11 is 13.1. The van der Waals surface area contributed by atoms with Gasteiger partial charge in [0.05, 0.1) is 13.7 Å². The van der Waals surface area contributed by atoms with Gasteiger partial charge in [0.25, 0.3) is 0 Å². The maximum atomic E-state index is 6.72. The molecule has 4 rings (SSSR count). The fourth-order valence-corrected chi connectivity index (χ4v) is 4.44. The number of nitrogens with zero attached hydrogens (tertiary/aromatic N) is 3. The third-order valence-electron chi connectivity index (χ3n) is 5.59. The number of nitrogens with two attached hydrogens (primary N) is 1. The molecule has 2 aromatic carbocycles. The molecule has 4 aromatic rings. The van der Waals surface area contributed by atoms with Gasteiger partial charge in [-0.2, -0.15) is 0 Å². The van der Waals surface area contributed by atoms with Crippen LogP contribution in [-0.4, -0.2) is 28.1 Å². The molecule has 0 radical (unpaired) electrons. The van der Waals surface area contributed by atoms with Gasteiger partial charge in [0.1, 0.15) is 22.8 Å². The number of benzene rings is 2. The Bertz CT molecular complexity index is 1290. The summed E-state index contributed by atoms with van der Waals surface area (Å²) in [4.78, 5) is 8.73. The maximum absolute atomic E-state index is 6.72. The van der Waals surface area contributed by atoms with E-state index >= 15 is 0 Å². The summed E-state index contributed by atoms with van der Waals surface area (Å²) in [6.45, 7) is 6.50. The van der Waals surface area contributed by atoms with Crippen molar-refractivity contribution in [3.05, 3.63) is 69.9 Å². The Morgan fingerprint density at radius 1 is 1.19 bits per heavy atom. The summed E-state index contributed by atoms with van der Waals surface area (Å²) in [5.41, 5.74) is 10.4. The number of aromatic nitrogens is 3. The predicted octanol–water partition coefficient (Wildman–Crippen LogP) is 6.15. The molecule has 0 amide bonds. The van der Waals surface area contributed by atoms with Crippen LogP contribution in [0.2, 0.25) is 10.2 Å². The van der Waals surface area contributed by atoms with Crippen LogP contribution in [0.25, 0.3) is 16.6 Å². The first-order valence-electron chi connectivity index (χ1n) is 10.3. The lowest BCUT2D eigenvalue weighted by molar-refractivity contribution is 0.336. The first kappa shape index (κ1) is 22.2. The van der Waals surface area contributed by atoms with Crippen LogP contribution < -0.4 is 15.2 Å². The molecular weight excluding hydrogens is 447 g/mol. The highest BCUT2D eigenvalue weighted by molar-refractivity contribution is 6.33. The van der Waals surface area contributed by atoms with Crippen molar-refractivity contribution >= 4 is 34.5 Å². The Labute approximate surface area is 196 Å². The smallest absolute Gasteiger partial charge is 0.158 e. The molecule has 0 aliphatic heterocycles. The Balaban J connectivity index is 1.95. The lowest BCUT2D eigenvalue weighted by Gasteiger charge is -2.22. The van der Waals surface area contributed by atoms with Crippen molar-refractivity contribution < 1.29 is 9.47 Å². The van der Waals surface area contributed by atoms with Gasteiger partial charge in [-0.15, -0.1) is 0 Å². The van der Waals surface area contributed by atoms with Crippen LogP contribution in [-0.2, 0) is 0 Å². The predicted molar refractivity (Wildman–Crippen MR) is 129 cm³/mol. The molecule has 2 aromatic heterocycles. The zero-order valence-electron chi connectivity index (χ0n) is 18.3. The number of rotatable bonds is 6. The summed E-state index contributed by atoms with van der Waals surface area (Å²) < 4.78 is 13.4. The zero-order valence-corrected chi connectivity index (χ0v) is 19.8. The summed E-state index contributed by atoms with van der Waals surface area (Å²) in [5, 5.41) is 0.957. The van der Waals surface area contributed by atoms with Crippen LogP contribution in [0.15, 0.2) is 42.7 Å². The van der Waals surface area contributed by atoms with E-state index in [0.29, 0.717) is 28.1 Å². The van der Waals surface area contributed by atoms with Crippen LogP contribution >= 0.6 is 23.2 Å². The average molecular weight is 471 g/mol. The Morgan fingerprint density at radius 3 is 2.56 bits per heavy atom. The second-order valence-electron chi connectivity index (χ2n) is 7.45. The molecule has 0 aliphatic carbocycles. The van der Waals surface area contributed by atoms with E-state index in [2.05, 4.69) is 9.97 Å². The summed E-state index contributed by atoms with van der Waals surface area (Å²) in [5.74, 6) is 2.41. The largest absolute Gasteiger partial charge is 0.497 e. The molecule has 2 heterocycles. The molecule has 32 heavy (non-hydrogen) atoms. The lowest BCUT2D eigenvalue weighted by atomic mass is 9.90. The van der Waals surface area contributed by atoms with Crippen molar-refractivity contribution in [2.45, 2.75) is 26.7 Å². The van der Waals surface area contributed by atoms with Crippen molar-refractivity contribution in [1.29, 1.82) is 0 Å². The van der Waals surface area contributed by atoms with Crippen molar-refractivity contribution in [3.63, 3.8) is 0 Å². The van der Waals surface area contributed by atoms with Crippen molar-refractivity contribution in [2.24, 2.45) is 0 Å². The summed E-state index contributed by atoms with van der Waals surface area (Å²) in [7, 11) is 1.65. The Hall–Kier alpha value is -2.96. The second kappa shape index (κ2) is 8.88. The van der Waals surface area contributed by atoms with E-state index in [4.69, 9.17) is 38.4 Å². The highest BCUT2D eigenvalue weighted by atomic mass is 35.5. The number of ether oxygens (including phenoxy) is 2. The molecule has 0 spiro atoms. The number of methoxy groups -OCH3 is 1. The number of anilines is 1. The van der Waals surface area contributed by atoms with Crippen molar-refractivity contribution in [1.82, 2.24) is 14.4 Å². The van der Waals surface area contributed by atoms with E-state index in [1.54, 1.807) is 19.5 Å². The number of fused-ring (bicyclic) bond motifs is 1. The molecule has 2 N–H and O–H groups in total. The molecule has 166 valence electrons. The second-order valence-corrected chi connectivity index (χ2v) is 8.22. The minimum absolute atomic E-state index is 0.187. The molecule has 0 fully saturated rings. The first-order valence-corrected chi connectivity index (χ1v) is 11.0. The quantitative estimate of drug-likeness (QED) is 0.365. The topological polar surface area (TPSA) is 74.7 Å². The minimum atomic E-state index is -0.187. The first-order chi connectivity index (χ1) is 15.4. The molecule has 0 bridgehead atoms. The zero-order chi connectivity index (χ0) is 23.0. The van der Waals surface area contributed by atoms with Crippen LogP contribution in [0.1, 0.15) is 36.7 Å². The molecule has 0 aliphatic rings. The molecule has 6 nitrogen and oxygen atoms in total. The van der Waals surface area contributed by atoms with Gasteiger partial charge in [-0.05, 0) is 43.2 Å². The van der Waals surface area contributed by atoms with Gasteiger partial charge in [-0.25, -0.2) is 9.97 Å². The maximum Gasteiger partial charge on any atom is 0.158 e. The number of hydrogen-bond acceptors (Lipinski definition) is 5. The molecule has 1 unspecified atom stereocenters. The minimum Gasteiger partial charge on any atom is -0.497 e. The van der Waals surface area contributed by atoms with Gasteiger partial charge in [0, 0.05) is 34.5 Å². The summed E-state index contributed by atoms with van der Waals surface area (Å²) in [6, 6.07) is 9.79. The van der Waals surface area contributed by atoms with Gasteiger partial charge in [0.2, 0.25) is 0 Å². The van der Waals surface area contributed by atoms with Gasteiger partial charge in [-0.1, -0.05) is 42.3 Å². The van der Waals surface area contributed by atoms with Gasteiger partial charge in [0.15, 0.2) is 11.0 Å². The molecule has 1 atom stereocenters. The molecule has 0 saturated carbocycles. The fourth-order valence-electron chi connectivity index (χ4n) is 3.96. The van der Waals surface area contributed by atoms with Crippen molar-refractivity contribution in [3.8, 4) is 22.6 Å². The Kier molecular flexibility index (Phi) is 6.17. The van der Waals surface area contributed by atoms with E-state index in [0.717, 1.165) is 39.6 Å². The third kappa shape index (κ3) is 3.74. The fraction of sp³-hybridized carbons (Fsp3) is 0.250. The van der Waals surface area contributed by atoms with Crippen LogP contribution in [0, 0.1) is 6.92 Å². The van der Waals surface area contributed by atoms with Gasteiger partial charge < -0.3 is 15.2 Å².